The molecule has 0 amide bonds. The molecule has 0 atom stereocenters. The van der Waals surface area contributed by atoms with Crippen LogP contribution in [0.3, 0.4) is 0 Å². The molecule has 1 aromatic carbocycles. The van der Waals surface area contributed by atoms with E-state index in [1.807, 2.05) is 24.3 Å². The third-order valence-electron chi connectivity index (χ3n) is 2.90. The summed E-state index contributed by atoms with van der Waals surface area (Å²) < 4.78 is 6.54. The van der Waals surface area contributed by atoms with Crippen molar-refractivity contribution in [3.8, 4) is 5.75 Å². The van der Waals surface area contributed by atoms with E-state index in [4.69, 9.17) is 4.74 Å². The van der Waals surface area contributed by atoms with Gasteiger partial charge in [-0.15, -0.1) is 5.10 Å². The van der Waals surface area contributed by atoms with E-state index >= 15 is 0 Å². The quantitative estimate of drug-likeness (QED) is 0.691. The summed E-state index contributed by atoms with van der Waals surface area (Å²) in [6.45, 7) is 0.389. The zero-order valence-electron chi connectivity index (χ0n) is 10.6. The van der Waals surface area contributed by atoms with Crippen LogP contribution in [-0.4, -0.2) is 32.1 Å². The van der Waals surface area contributed by atoms with Crippen molar-refractivity contribution in [2.24, 2.45) is 0 Å². The molecule has 20 heavy (non-hydrogen) atoms. The molecular formula is C12H11N5O3. The maximum atomic E-state index is 11.5. The number of methoxy groups -OCH3 is 1. The molecule has 0 saturated carbocycles. The van der Waals surface area contributed by atoms with E-state index in [1.54, 1.807) is 7.11 Å². The van der Waals surface area contributed by atoms with Crippen LogP contribution in [-0.2, 0) is 6.54 Å². The molecule has 0 saturated heterocycles. The highest BCUT2D eigenvalue weighted by molar-refractivity contribution is 5.67. The maximum absolute atomic E-state index is 11.5. The monoisotopic (exact) mass is 273 g/mol. The largest absolute Gasteiger partial charge is 0.497 e. The second-order valence-electron chi connectivity index (χ2n) is 4.20. The third kappa shape index (κ3) is 2.07. The Kier molecular flexibility index (Phi) is 2.82. The van der Waals surface area contributed by atoms with E-state index < -0.39 is 11.2 Å². The minimum atomic E-state index is -0.583. The first-order valence-electron chi connectivity index (χ1n) is 5.86. The fraction of sp³-hybridized carbons (Fsp3) is 0.167. The Morgan fingerprint density at radius 3 is 2.65 bits per heavy atom. The first-order valence-corrected chi connectivity index (χ1v) is 5.86. The predicted octanol–water partition coefficient (Wildman–Crippen LogP) is -0.135. The van der Waals surface area contributed by atoms with Gasteiger partial charge < -0.3 is 4.74 Å². The Morgan fingerprint density at radius 1 is 1.20 bits per heavy atom. The topological polar surface area (TPSA) is 106 Å². The minimum Gasteiger partial charge on any atom is -0.497 e. The number of rotatable bonds is 3. The van der Waals surface area contributed by atoms with Gasteiger partial charge in [-0.25, -0.2) is 9.48 Å². The normalized spacial score (nSPS) is 10.8. The Morgan fingerprint density at radius 2 is 1.95 bits per heavy atom. The lowest BCUT2D eigenvalue weighted by molar-refractivity contribution is 0.414. The van der Waals surface area contributed by atoms with Gasteiger partial charge in [0.05, 0.1) is 13.7 Å². The second kappa shape index (κ2) is 4.65. The number of H-pyrrole nitrogens is 2. The van der Waals surface area contributed by atoms with E-state index in [9.17, 15) is 9.59 Å². The lowest BCUT2D eigenvalue weighted by atomic mass is 10.2. The van der Waals surface area contributed by atoms with E-state index in [0.29, 0.717) is 12.2 Å². The Hall–Kier alpha value is -2.90. The Balaban J connectivity index is 2.02. The van der Waals surface area contributed by atoms with Gasteiger partial charge in [0.2, 0.25) is 0 Å². The van der Waals surface area contributed by atoms with E-state index in [0.717, 1.165) is 11.3 Å². The van der Waals surface area contributed by atoms with Gasteiger partial charge in [-0.2, -0.15) is 0 Å². The van der Waals surface area contributed by atoms with Gasteiger partial charge in [0.1, 0.15) is 5.75 Å². The molecule has 0 bridgehead atoms. The lowest BCUT2D eigenvalue weighted by Gasteiger charge is -2.04. The van der Waals surface area contributed by atoms with Crippen LogP contribution < -0.4 is 16.0 Å². The molecule has 0 aliphatic heterocycles. The molecule has 3 aromatic rings. The highest BCUT2D eigenvalue weighted by atomic mass is 16.5. The number of hydrogen-bond acceptors (Lipinski definition) is 5. The van der Waals surface area contributed by atoms with Gasteiger partial charge in [-0.1, -0.05) is 17.3 Å². The zero-order chi connectivity index (χ0) is 14.1. The SMILES string of the molecule is COc1ccc(Cn2nnc3c(=O)[nH]c(=O)[nH]c32)cc1. The van der Waals surface area contributed by atoms with Crippen LogP contribution in [0.5, 0.6) is 5.75 Å². The van der Waals surface area contributed by atoms with Gasteiger partial charge in [0.15, 0.2) is 11.2 Å². The standard InChI is InChI=1S/C12H11N5O3/c1-20-8-4-2-7(3-5-8)6-17-10-9(15-16-17)11(18)14-12(19)13-10/h2-5H,6H2,1H3,(H2,13,14,18,19). The lowest BCUT2D eigenvalue weighted by Crippen LogP contribution is -2.22. The highest BCUT2D eigenvalue weighted by Crippen LogP contribution is 2.12. The molecule has 102 valence electrons. The average Bonchev–Trinajstić information content (AvgIpc) is 2.83. The molecular weight excluding hydrogens is 262 g/mol. The smallest absolute Gasteiger partial charge is 0.327 e. The summed E-state index contributed by atoms with van der Waals surface area (Å²) >= 11 is 0. The molecule has 8 heteroatoms. The molecule has 0 aliphatic rings. The van der Waals surface area contributed by atoms with Crippen molar-refractivity contribution >= 4 is 11.2 Å². The van der Waals surface area contributed by atoms with Crippen LogP contribution >= 0.6 is 0 Å². The summed E-state index contributed by atoms with van der Waals surface area (Å²) in [6.07, 6.45) is 0. The van der Waals surface area contributed by atoms with E-state index in [1.165, 1.54) is 4.68 Å². The molecule has 2 heterocycles. The van der Waals surface area contributed by atoms with E-state index in [-0.39, 0.29) is 5.52 Å². The van der Waals surface area contributed by atoms with Gasteiger partial charge in [-0.05, 0) is 17.7 Å². The fourth-order valence-corrected chi connectivity index (χ4v) is 1.91. The molecule has 0 unspecified atom stereocenters. The number of fused-ring (bicyclic) bond motifs is 1. The summed E-state index contributed by atoms with van der Waals surface area (Å²) in [7, 11) is 1.59. The van der Waals surface area contributed by atoms with Crippen LogP contribution in [0.25, 0.3) is 11.2 Å². The van der Waals surface area contributed by atoms with Crippen molar-refractivity contribution in [1.29, 1.82) is 0 Å². The van der Waals surface area contributed by atoms with Crippen molar-refractivity contribution in [3.63, 3.8) is 0 Å². The molecule has 0 fully saturated rings. The number of benzene rings is 1. The number of hydrogen-bond donors (Lipinski definition) is 2. The predicted molar refractivity (Wildman–Crippen MR) is 70.9 cm³/mol. The fourth-order valence-electron chi connectivity index (χ4n) is 1.91. The van der Waals surface area contributed by atoms with Crippen molar-refractivity contribution in [3.05, 3.63) is 50.7 Å². The van der Waals surface area contributed by atoms with Crippen LogP contribution in [0, 0.1) is 0 Å². The third-order valence-corrected chi connectivity index (χ3v) is 2.90. The van der Waals surface area contributed by atoms with Crippen LogP contribution in [0.4, 0.5) is 0 Å². The molecule has 2 aromatic heterocycles. The maximum Gasteiger partial charge on any atom is 0.327 e. The van der Waals surface area contributed by atoms with Gasteiger partial charge >= 0.3 is 5.69 Å². The Bertz CT molecular complexity index is 859. The summed E-state index contributed by atoms with van der Waals surface area (Å²) in [5.41, 5.74) is 0.219. The van der Waals surface area contributed by atoms with E-state index in [2.05, 4.69) is 20.3 Å². The zero-order valence-corrected chi connectivity index (χ0v) is 10.6. The minimum absolute atomic E-state index is 0.109. The van der Waals surface area contributed by atoms with Crippen molar-refractivity contribution in [2.75, 3.05) is 7.11 Å². The summed E-state index contributed by atoms with van der Waals surface area (Å²) in [5.74, 6) is 0.752. The average molecular weight is 273 g/mol. The van der Waals surface area contributed by atoms with Gasteiger partial charge in [0, 0.05) is 0 Å². The van der Waals surface area contributed by atoms with Gasteiger partial charge in [-0.3, -0.25) is 14.8 Å². The van der Waals surface area contributed by atoms with Crippen LogP contribution in [0.2, 0.25) is 0 Å². The summed E-state index contributed by atoms with van der Waals surface area (Å²) in [5, 5.41) is 7.64. The Labute approximate surface area is 112 Å². The number of aromatic amines is 2. The number of aromatic nitrogens is 5. The van der Waals surface area contributed by atoms with Crippen LogP contribution in [0.15, 0.2) is 33.9 Å². The van der Waals surface area contributed by atoms with Crippen molar-refractivity contribution < 1.29 is 4.74 Å². The number of nitrogens with one attached hydrogen (secondary N) is 2. The summed E-state index contributed by atoms with van der Waals surface area (Å²) in [4.78, 5) is 27.5. The molecule has 2 N–H and O–H groups in total. The molecule has 0 radical (unpaired) electrons. The first-order chi connectivity index (χ1) is 9.67. The number of nitrogens with zero attached hydrogens (tertiary/aromatic N) is 3. The first kappa shape index (κ1) is 12.2. The summed E-state index contributed by atoms with van der Waals surface area (Å²) in [6, 6.07) is 7.39. The molecule has 8 nitrogen and oxygen atoms in total. The second-order valence-corrected chi connectivity index (χ2v) is 4.20. The molecule has 0 spiro atoms. The highest BCUT2D eigenvalue weighted by Gasteiger charge is 2.09. The van der Waals surface area contributed by atoms with Crippen molar-refractivity contribution in [2.45, 2.75) is 6.54 Å². The molecule has 3 rings (SSSR count). The van der Waals surface area contributed by atoms with Crippen molar-refractivity contribution in [1.82, 2.24) is 25.0 Å². The van der Waals surface area contributed by atoms with Crippen LogP contribution in [0.1, 0.15) is 5.56 Å². The number of ether oxygens (including phenoxy) is 1. The molecule has 0 aliphatic carbocycles. The van der Waals surface area contributed by atoms with Gasteiger partial charge in [0.25, 0.3) is 5.56 Å².